The van der Waals surface area contributed by atoms with E-state index in [1.54, 1.807) is 11.3 Å². The smallest absolute Gasteiger partial charge is 0.230 e. The Bertz CT molecular complexity index is 450. The number of anilines is 1. The Morgan fingerprint density at radius 2 is 2.05 bits per heavy atom. The number of aromatic nitrogens is 1. The molecule has 5 heteroatoms. The number of rotatable bonds is 2. The molecule has 3 N–H and O–H groups in total. The van der Waals surface area contributed by atoms with Gasteiger partial charge in [-0.25, -0.2) is 4.98 Å². The first-order chi connectivity index (χ1) is 9.24. The number of carbonyl (C=O) groups is 1. The van der Waals surface area contributed by atoms with E-state index in [1.807, 2.05) is 0 Å². The highest BCUT2D eigenvalue weighted by Gasteiger charge is 2.28. The van der Waals surface area contributed by atoms with E-state index in [9.17, 15) is 4.79 Å². The molecule has 0 radical (unpaired) electrons. The summed E-state index contributed by atoms with van der Waals surface area (Å²) in [6.45, 7) is 0. The lowest BCUT2D eigenvalue weighted by molar-refractivity contribution is -0.120. The van der Waals surface area contributed by atoms with Crippen molar-refractivity contribution in [3.05, 3.63) is 10.6 Å². The number of nitrogens with two attached hydrogens (primary N) is 1. The third-order valence-corrected chi connectivity index (χ3v) is 5.30. The summed E-state index contributed by atoms with van der Waals surface area (Å²) in [7, 11) is 0. The van der Waals surface area contributed by atoms with Gasteiger partial charge < -0.3 is 11.1 Å². The van der Waals surface area contributed by atoms with Crippen molar-refractivity contribution in [3.63, 3.8) is 0 Å². The van der Waals surface area contributed by atoms with E-state index in [2.05, 4.69) is 10.3 Å². The van der Waals surface area contributed by atoms with Gasteiger partial charge >= 0.3 is 0 Å². The normalized spacial score (nSPS) is 26.8. The van der Waals surface area contributed by atoms with Crippen LogP contribution in [0.1, 0.15) is 49.1 Å². The van der Waals surface area contributed by atoms with Crippen LogP contribution in [0, 0.1) is 5.92 Å². The van der Waals surface area contributed by atoms with E-state index in [0.717, 1.165) is 43.7 Å². The van der Waals surface area contributed by atoms with Crippen LogP contribution in [0.15, 0.2) is 0 Å². The second-order valence-electron chi connectivity index (χ2n) is 5.64. The van der Waals surface area contributed by atoms with Crippen LogP contribution in [0.25, 0.3) is 0 Å². The van der Waals surface area contributed by atoms with E-state index in [1.165, 1.54) is 23.4 Å². The van der Waals surface area contributed by atoms with Gasteiger partial charge in [-0.1, -0.05) is 19.3 Å². The molecule has 104 valence electrons. The Hall–Kier alpha value is -0.940. The molecule has 2 atom stereocenters. The minimum atomic E-state index is -0.0405. The number of nitrogens with one attached hydrogen (secondary N) is 1. The fourth-order valence-corrected chi connectivity index (χ4v) is 4.16. The number of carbonyl (C=O) groups excluding carboxylic acids is 1. The van der Waals surface area contributed by atoms with Crippen molar-refractivity contribution in [2.45, 2.75) is 57.4 Å². The number of nitrogens with zero attached hydrogens (tertiary/aromatic N) is 1. The molecule has 1 heterocycles. The molecule has 0 spiro atoms. The molecule has 3 rings (SSSR count). The van der Waals surface area contributed by atoms with Crippen LogP contribution in [0.2, 0.25) is 0 Å². The quantitative estimate of drug-likeness (QED) is 0.817. The fraction of sp³-hybridized carbons (Fsp3) is 0.714. The standard InChI is InChI=1S/C14H21N3OS/c15-10-6-3-1-2-5-9(10)13(18)17-14-16-11-7-4-8-12(11)19-14/h9-10H,1-8,15H2,(H,16,17,18). The van der Waals surface area contributed by atoms with Gasteiger partial charge in [-0.2, -0.15) is 0 Å². The number of thiazole rings is 1. The number of hydrogen-bond acceptors (Lipinski definition) is 4. The van der Waals surface area contributed by atoms with Gasteiger partial charge in [0.05, 0.1) is 11.6 Å². The van der Waals surface area contributed by atoms with E-state index in [0.29, 0.717) is 0 Å². The van der Waals surface area contributed by atoms with Crippen LogP contribution < -0.4 is 11.1 Å². The van der Waals surface area contributed by atoms with Crippen LogP contribution >= 0.6 is 11.3 Å². The zero-order valence-corrected chi connectivity index (χ0v) is 12.0. The molecule has 0 aromatic carbocycles. The Kier molecular flexibility index (Phi) is 3.84. The number of aryl methyl sites for hydroxylation is 2. The van der Waals surface area contributed by atoms with Gasteiger partial charge in [0.1, 0.15) is 0 Å². The van der Waals surface area contributed by atoms with Gasteiger partial charge in [-0.3, -0.25) is 4.79 Å². The molecule has 0 saturated heterocycles. The average Bonchev–Trinajstić information content (AvgIpc) is 2.86. The Morgan fingerprint density at radius 1 is 1.21 bits per heavy atom. The third kappa shape index (κ3) is 2.82. The molecule has 2 unspecified atom stereocenters. The van der Waals surface area contributed by atoms with Gasteiger partial charge in [0, 0.05) is 10.9 Å². The summed E-state index contributed by atoms with van der Waals surface area (Å²) >= 11 is 1.64. The minimum Gasteiger partial charge on any atom is -0.327 e. The minimum absolute atomic E-state index is 0.00862. The molecule has 1 amide bonds. The lowest BCUT2D eigenvalue weighted by atomic mass is 9.95. The first kappa shape index (κ1) is 13.1. The topological polar surface area (TPSA) is 68.0 Å². The number of hydrogen-bond donors (Lipinski definition) is 2. The second-order valence-corrected chi connectivity index (χ2v) is 6.72. The molecular formula is C14H21N3OS. The predicted molar refractivity (Wildman–Crippen MR) is 77.3 cm³/mol. The maximum absolute atomic E-state index is 12.3. The first-order valence-corrected chi connectivity index (χ1v) is 8.11. The molecule has 2 aliphatic carbocycles. The van der Waals surface area contributed by atoms with Crippen LogP contribution in [0.3, 0.4) is 0 Å². The lowest BCUT2D eigenvalue weighted by Gasteiger charge is -2.19. The zero-order chi connectivity index (χ0) is 13.2. The maximum atomic E-state index is 12.3. The molecule has 1 aromatic rings. The van der Waals surface area contributed by atoms with Crippen molar-refractivity contribution in [1.29, 1.82) is 0 Å². The zero-order valence-electron chi connectivity index (χ0n) is 11.2. The van der Waals surface area contributed by atoms with Gasteiger partial charge in [0.25, 0.3) is 0 Å². The molecular weight excluding hydrogens is 258 g/mol. The number of amides is 1. The molecule has 4 nitrogen and oxygen atoms in total. The molecule has 0 bridgehead atoms. The van der Waals surface area contributed by atoms with E-state index in [-0.39, 0.29) is 17.9 Å². The van der Waals surface area contributed by atoms with E-state index < -0.39 is 0 Å². The molecule has 0 aliphatic heterocycles. The van der Waals surface area contributed by atoms with Crippen molar-refractivity contribution in [2.24, 2.45) is 11.7 Å². The number of fused-ring (bicyclic) bond motifs is 1. The summed E-state index contributed by atoms with van der Waals surface area (Å²) in [4.78, 5) is 18.2. The average molecular weight is 279 g/mol. The van der Waals surface area contributed by atoms with E-state index in [4.69, 9.17) is 5.73 Å². The van der Waals surface area contributed by atoms with Crippen molar-refractivity contribution in [1.82, 2.24) is 4.98 Å². The highest BCUT2D eigenvalue weighted by Crippen LogP contribution is 2.31. The second kappa shape index (κ2) is 5.59. The van der Waals surface area contributed by atoms with Crippen LogP contribution in [-0.4, -0.2) is 16.9 Å². The van der Waals surface area contributed by atoms with Crippen LogP contribution in [0.5, 0.6) is 0 Å². The summed E-state index contributed by atoms with van der Waals surface area (Å²) in [6, 6.07) is 0.00862. The highest BCUT2D eigenvalue weighted by molar-refractivity contribution is 7.15. The van der Waals surface area contributed by atoms with Crippen LogP contribution in [0.4, 0.5) is 5.13 Å². The highest BCUT2D eigenvalue weighted by atomic mass is 32.1. The fourth-order valence-electron chi connectivity index (χ4n) is 3.10. The molecule has 2 aliphatic rings. The van der Waals surface area contributed by atoms with Gasteiger partial charge in [-0.15, -0.1) is 11.3 Å². The first-order valence-electron chi connectivity index (χ1n) is 7.29. The van der Waals surface area contributed by atoms with Gasteiger partial charge in [-0.05, 0) is 32.1 Å². The molecule has 1 fully saturated rings. The maximum Gasteiger partial charge on any atom is 0.230 e. The predicted octanol–water partition coefficient (Wildman–Crippen LogP) is 2.48. The van der Waals surface area contributed by atoms with Crippen LogP contribution in [-0.2, 0) is 17.6 Å². The summed E-state index contributed by atoms with van der Waals surface area (Å²) in [5.41, 5.74) is 7.31. The largest absolute Gasteiger partial charge is 0.327 e. The SMILES string of the molecule is NC1CCCCCC1C(=O)Nc1nc2c(s1)CCC2. The Morgan fingerprint density at radius 3 is 2.89 bits per heavy atom. The van der Waals surface area contributed by atoms with Crippen molar-refractivity contribution < 1.29 is 4.79 Å². The Labute approximate surface area is 117 Å². The molecule has 1 aromatic heterocycles. The summed E-state index contributed by atoms with van der Waals surface area (Å²) in [6.07, 6.45) is 8.72. The van der Waals surface area contributed by atoms with E-state index >= 15 is 0 Å². The monoisotopic (exact) mass is 279 g/mol. The summed E-state index contributed by atoms with van der Waals surface area (Å²) in [5.74, 6) is 0.0306. The summed E-state index contributed by atoms with van der Waals surface area (Å²) < 4.78 is 0. The van der Waals surface area contributed by atoms with Crippen molar-refractivity contribution in [3.8, 4) is 0 Å². The Balaban J connectivity index is 1.66. The molecule has 19 heavy (non-hydrogen) atoms. The lowest BCUT2D eigenvalue weighted by Crippen LogP contribution is -2.37. The van der Waals surface area contributed by atoms with Crippen molar-refractivity contribution in [2.75, 3.05) is 5.32 Å². The third-order valence-electron chi connectivity index (χ3n) is 4.23. The summed E-state index contributed by atoms with van der Waals surface area (Å²) in [5, 5.41) is 3.76. The van der Waals surface area contributed by atoms with Gasteiger partial charge in [0.15, 0.2) is 5.13 Å². The molecule has 1 saturated carbocycles. The van der Waals surface area contributed by atoms with Crippen molar-refractivity contribution >= 4 is 22.4 Å². The van der Waals surface area contributed by atoms with Gasteiger partial charge in [0.2, 0.25) is 5.91 Å².